The third-order valence-corrected chi connectivity index (χ3v) is 5.37. The number of halogens is 1. The van der Waals surface area contributed by atoms with Gasteiger partial charge in [0.25, 0.3) is 0 Å². The maximum absolute atomic E-state index is 13.6. The molecular weight excluding hydrogens is 303 g/mol. The predicted molar refractivity (Wildman–Crippen MR) is 89.5 cm³/mol. The van der Waals surface area contributed by atoms with Crippen LogP contribution in [0, 0.1) is 5.82 Å². The van der Waals surface area contributed by atoms with Crippen LogP contribution >= 0.6 is 23.1 Å². The first kappa shape index (κ1) is 16.5. The Balaban J connectivity index is 2.04. The van der Waals surface area contributed by atoms with Gasteiger partial charge in [0.05, 0.1) is 11.4 Å². The number of aryl methyl sites for hydroxylation is 1. The van der Waals surface area contributed by atoms with Gasteiger partial charge in [0.15, 0.2) is 0 Å². The van der Waals surface area contributed by atoms with Crippen molar-refractivity contribution in [3.63, 3.8) is 0 Å². The van der Waals surface area contributed by atoms with Crippen molar-refractivity contribution in [2.75, 3.05) is 6.54 Å². The Morgan fingerprint density at radius 3 is 2.81 bits per heavy atom. The molecule has 2 rings (SSSR count). The van der Waals surface area contributed by atoms with Crippen molar-refractivity contribution in [1.29, 1.82) is 0 Å². The van der Waals surface area contributed by atoms with E-state index in [1.54, 1.807) is 17.4 Å². The van der Waals surface area contributed by atoms with E-state index in [1.165, 1.54) is 28.4 Å². The second kappa shape index (κ2) is 8.51. The van der Waals surface area contributed by atoms with E-state index in [-0.39, 0.29) is 5.82 Å². The summed E-state index contributed by atoms with van der Waals surface area (Å²) in [5.41, 5.74) is 1.20. The molecule has 0 unspecified atom stereocenters. The first-order valence-electron chi connectivity index (χ1n) is 7.30. The molecule has 1 heterocycles. The summed E-state index contributed by atoms with van der Waals surface area (Å²) < 4.78 is 13.6. The minimum absolute atomic E-state index is 0.152. The molecule has 0 aliphatic carbocycles. The molecule has 0 saturated heterocycles. The third kappa shape index (κ3) is 4.80. The number of thioether (sulfide) groups is 1. The Hall–Kier alpha value is -0.910. The Labute approximate surface area is 134 Å². The number of hydrogen-bond acceptors (Lipinski definition) is 4. The lowest BCUT2D eigenvalue weighted by Crippen LogP contribution is -2.11. The van der Waals surface area contributed by atoms with Crippen LogP contribution in [0.3, 0.4) is 0 Å². The standard InChI is InChI=1S/C16H21FN2S2/c1-3-7-13-15(10-18-4-2)21-16(19-13)11-20-14-9-6-5-8-12(14)17/h5-6,8-9,18H,3-4,7,10-11H2,1-2H3. The van der Waals surface area contributed by atoms with Crippen molar-refractivity contribution in [3.05, 3.63) is 45.7 Å². The lowest BCUT2D eigenvalue weighted by molar-refractivity contribution is 0.602. The molecule has 5 heteroatoms. The number of nitrogens with one attached hydrogen (secondary N) is 1. The van der Waals surface area contributed by atoms with Crippen LogP contribution in [-0.2, 0) is 18.7 Å². The van der Waals surface area contributed by atoms with Crippen molar-refractivity contribution in [3.8, 4) is 0 Å². The molecule has 1 aromatic heterocycles. The van der Waals surface area contributed by atoms with Crippen LogP contribution in [0.2, 0.25) is 0 Å². The van der Waals surface area contributed by atoms with Crippen LogP contribution in [0.5, 0.6) is 0 Å². The van der Waals surface area contributed by atoms with Crippen LogP contribution in [0.4, 0.5) is 4.39 Å². The highest BCUT2D eigenvalue weighted by Crippen LogP contribution is 2.29. The average molecular weight is 324 g/mol. The number of aromatic nitrogens is 1. The molecule has 1 aromatic carbocycles. The number of hydrogen-bond donors (Lipinski definition) is 1. The van der Waals surface area contributed by atoms with Gasteiger partial charge >= 0.3 is 0 Å². The van der Waals surface area contributed by atoms with Crippen molar-refractivity contribution in [2.24, 2.45) is 0 Å². The van der Waals surface area contributed by atoms with Crippen molar-refractivity contribution < 1.29 is 4.39 Å². The number of nitrogens with zero attached hydrogens (tertiary/aromatic N) is 1. The molecule has 0 bridgehead atoms. The number of rotatable bonds is 8. The summed E-state index contributed by atoms with van der Waals surface area (Å²) in [6, 6.07) is 6.91. The average Bonchev–Trinajstić information content (AvgIpc) is 2.87. The van der Waals surface area contributed by atoms with Crippen LogP contribution < -0.4 is 5.32 Å². The Morgan fingerprint density at radius 2 is 2.10 bits per heavy atom. The zero-order chi connectivity index (χ0) is 15.1. The van der Waals surface area contributed by atoms with Gasteiger partial charge in [-0.15, -0.1) is 23.1 Å². The van der Waals surface area contributed by atoms with Gasteiger partial charge in [-0.25, -0.2) is 9.37 Å². The van der Waals surface area contributed by atoms with E-state index in [4.69, 9.17) is 4.98 Å². The molecular formula is C16H21FN2S2. The SMILES string of the molecule is CCCc1nc(CSc2ccccc2F)sc1CNCC. The first-order chi connectivity index (χ1) is 10.2. The van der Waals surface area contributed by atoms with E-state index >= 15 is 0 Å². The molecule has 0 spiro atoms. The summed E-state index contributed by atoms with van der Waals surface area (Å²) in [7, 11) is 0. The summed E-state index contributed by atoms with van der Waals surface area (Å²) in [4.78, 5) is 6.75. The molecule has 0 aliphatic heterocycles. The smallest absolute Gasteiger partial charge is 0.136 e. The molecule has 21 heavy (non-hydrogen) atoms. The fraction of sp³-hybridized carbons (Fsp3) is 0.438. The fourth-order valence-corrected chi connectivity index (χ4v) is 4.03. The molecule has 0 atom stereocenters. The minimum atomic E-state index is -0.152. The zero-order valence-electron chi connectivity index (χ0n) is 12.5. The summed E-state index contributed by atoms with van der Waals surface area (Å²) in [6.45, 7) is 6.12. The van der Waals surface area contributed by atoms with Crippen LogP contribution in [-0.4, -0.2) is 11.5 Å². The first-order valence-corrected chi connectivity index (χ1v) is 9.10. The minimum Gasteiger partial charge on any atom is -0.312 e. The second-order valence-electron chi connectivity index (χ2n) is 4.73. The molecule has 1 N–H and O–H groups in total. The summed E-state index contributed by atoms with van der Waals surface area (Å²) >= 11 is 3.26. The monoisotopic (exact) mass is 324 g/mol. The van der Waals surface area contributed by atoms with E-state index in [0.717, 1.165) is 36.7 Å². The quantitative estimate of drug-likeness (QED) is 0.716. The molecule has 0 amide bonds. The van der Waals surface area contributed by atoms with Crippen LogP contribution in [0.15, 0.2) is 29.2 Å². The van der Waals surface area contributed by atoms with E-state index in [0.29, 0.717) is 4.90 Å². The molecule has 0 aliphatic rings. The molecule has 0 radical (unpaired) electrons. The molecule has 0 saturated carbocycles. The highest BCUT2D eigenvalue weighted by molar-refractivity contribution is 7.98. The van der Waals surface area contributed by atoms with Gasteiger partial charge in [0.2, 0.25) is 0 Å². The van der Waals surface area contributed by atoms with Gasteiger partial charge in [-0.3, -0.25) is 0 Å². The van der Waals surface area contributed by atoms with E-state index in [1.807, 2.05) is 12.1 Å². The van der Waals surface area contributed by atoms with Gasteiger partial charge in [0, 0.05) is 16.3 Å². The summed E-state index contributed by atoms with van der Waals surface area (Å²) in [5.74, 6) is 0.578. The van der Waals surface area contributed by atoms with E-state index in [2.05, 4.69) is 19.2 Å². The third-order valence-electron chi connectivity index (χ3n) is 3.03. The Morgan fingerprint density at radius 1 is 1.29 bits per heavy atom. The second-order valence-corrected chi connectivity index (χ2v) is 6.91. The Bertz CT molecular complexity index is 569. The number of thiazole rings is 1. The van der Waals surface area contributed by atoms with Gasteiger partial charge < -0.3 is 5.32 Å². The fourth-order valence-electron chi connectivity index (χ4n) is 2.01. The topological polar surface area (TPSA) is 24.9 Å². The molecule has 114 valence electrons. The zero-order valence-corrected chi connectivity index (χ0v) is 14.1. The molecule has 0 fully saturated rings. The number of benzene rings is 1. The highest BCUT2D eigenvalue weighted by Gasteiger charge is 2.11. The molecule has 2 nitrogen and oxygen atoms in total. The highest BCUT2D eigenvalue weighted by atomic mass is 32.2. The molecule has 2 aromatic rings. The van der Waals surface area contributed by atoms with Gasteiger partial charge in [-0.1, -0.05) is 32.4 Å². The van der Waals surface area contributed by atoms with Crippen molar-refractivity contribution in [1.82, 2.24) is 10.3 Å². The maximum atomic E-state index is 13.6. The van der Waals surface area contributed by atoms with Crippen molar-refractivity contribution in [2.45, 2.75) is 43.9 Å². The van der Waals surface area contributed by atoms with Crippen molar-refractivity contribution >= 4 is 23.1 Å². The Kier molecular flexibility index (Phi) is 6.67. The maximum Gasteiger partial charge on any atom is 0.136 e. The van der Waals surface area contributed by atoms with Gasteiger partial charge in [-0.2, -0.15) is 0 Å². The van der Waals surface area contributed by atoms with Crippen LogP contribution in [0.25, 0.3) is 0 Å². The summed E-state index contributed by atoms with van der Waals surface area (Å²) in [5, 5.41) is 4.45. The lowest BCUT2D eigenvalue weighted by atomic mass is 10.2. The summed E-state index contributed by atoms with van der Waals surface area (Å²) in [6.07, 6.45) is 2.12. The normalized spacial score (nSPS) is 11.0. The largest absolute Gasteiger partial charge is 0.312 e. The van der Waals surface area contributed by atoms with Gasteiger partial charge in [0.1, 0.15) is 10.8 Å². The van der Waals surface area contributed by atoms with E-state index < -0.39 is 0 Å². The van der Waals surface area contributed by atoms with Crippen LogP contribution in [0.1, 0.15) is 35.8 Å². The lowest BCUT2D eigenvalue weighted by Gasteiger charge is -2.00. The van der Waals surface area contributed by atoms with E-state index in [9.17, 15) is 4.39 Å². The van der Waals surface area contributed by atoms with Gasteiger partial charge in [-0.05, 0) is 25.1 Å². The predicted octanol–water partition coefficient (Wildman–Crippen LogP) is 4.64.